The number of sulfonamides is 1. The molecule has 0 spiro atoms. The zero-order valence-electron chi connectivity index (χ0n) is 18.4. The minimum absolute atomic E-state index is 0.0516. The Hall–Kier alpha value is -3.89. The summed E-state index contributed by atoms with van der Waals surface area (Å²) >= 11 is 6.02. The van der Waals surface area contributed by atoms with Gasteiger partial charge in [0.2, 0.25) is 0 Å². The van der Waals surface area contributed by atoms with Gasteiger partial charge in [0.05, 0.1) is 28.0 Å². The summed E-state index contributed by atoms with van der Waals surface area (Å²) in [5.74, 6) is -1.91. The van der Waals surface area contributed by atoms with Crippen molar-refractivity contribution in [3.63, 3.8) is 0 Å². The normalized spacial score (nSPS) is 13.0. The van der Waals surface area contributed by atoms with E-state index in [0.717, 1.165) is 5.56 Å². The van der Waals surface area contributed by atoms with Crippen molar-refractivity contribution in [1.29, 1.82) is 0 Å². The van der Waals surface area contributed by atoms with E-state index in [1.807, 2.05) is 0 Å². The number of benzene rings is 3. The molecule has 9 nitrogen and oxygen atoms in total. The Labute approximate surface area is 206 Å². The van der Waals surface area contributed by atoms with E-state index in [1.54, 1.807) is 24.3 Å². The molecule has 0 radical (unpaired) electrons. The van der Waals surface area contributed by atoms with Crippen LogP contribution in [0.2, 0.25) is 5.02 Å². The summed E-state index contributed by atoms with van der Waals surface area (Å²) < 4.78 is 28.0. The van der Waals surface area contributed by atoms with Crippen LogP contribution < -0.4 is 9.62 Å². The van der Waals surface area contributed by atoms with Crippen molar-refractivity contribution in [1.82, 2.24) is 0 Å². The lowest BCUT2D eigenvalue weighted by Gasteiger charge is -2.20. The van der Waals surface area contributed by atoms with Gasteiger partial charge in [0.15, 0.2) is 0 Å². The van der Waals surface area contributed by atoms with Gasteiger partial charge in [-0.1, -0.05) is 28.9 Å². The number of fused-ring (bicyclic) bond motifs is 1. The summed E-state index contributed by atoms with van der Waals surface area (Å²) in [6.45, 7) is 0.259. The standard InChI is InChI=1S/C24H20ClN3O6S/c1-34-26-14-15-5-7-21(20(11-15)24(30)31)27-23(29)17-3-2-4-19(13-17)35(32,33)28-10-9-16-12-18(25)6-8-22(16)28/h2-8,11-14H,9-10H2,1H3,(H,27,29)(H,30,31)/b26-14+. The SMILES string of the molecule is CO/N=C/c1ccc(NC(=O)c2cccc(S(=O)(=O)N3CCc4cc(Cl)ccc43)c2)c(C(=O)O)c1. The number of halogens is 1. The second kappa shape index (κ2) is 9.77. The third-order valence-electron chi connectivity index (χ3n) is 5.41. The lowest BCUT2D eigenvalue weighted by atomic mass is 10.1. The van der Waals surface area contributed by atoms with Gasteiger partial charge < -0.3 is 15.3 Å². The number of aromatic carboxylic acids is 1. The Morgan fingerprint density at radius 2 is 1.94 bits per heavy atom. The van der Waals surface area contributed by atoms with Crippen LogP contribution in [0, 0.1) is 0 Å². The van der Waals surface area contributed by atoms with Crippen molar-refractivity contribution in [2.75, 3.05) is 23.3 Å². The number of carbonyl (C=O) groups is 2. The molecule has 0 fully saturated rings. The zero-order valence-corrected chi connectivity index (χ0v) is 20.0. The van der Waals surface area contributed by atoms with Gasteiger partial charge in [-0.25, -0.2) is 13.2 Å². The lowest BCUT2D eigenvalue weighted by molar-refractivity contribution is 0.0698. The van der Waals surface area contributed by atoms with E-state index >= 15 is 0 Å². The Balaban J connectivity index is 1.61. The van der Waals surface area contributed by atoms with E-state index in [1.165, 1.54) is 54.0 Å². The topological polar surface area (TPSA) is 125 Å². The number of carboxylic acids is 1. The Bertz CT molecular complexity index is 1460. The number of nitrogens with one attached hydrogen (secondary N) is 1. The molecule has 1 aliphatic heterocycles. The average Bonchev–Trinajstić information content (AvgIpc) is 3.27. The third-order valence-corrected chi connectivity index (χ3v) is 7.45. The highest BCUT2D eigenvalue weighted by Gasteiger charge is 2.31. The highest BCUT2D eigenvalue weighted by molar-refractivity contribution is 7.92. The van der Waals surface area contributed by atoms with Gasteiger partial charge in [-0.3, -0.25) is 9.10 Å². The van der Waals surface area contributed by atoms with Gasteiger partial charge in [-0.2, -0.15) is 0 Å². The zero-order chi connectivity index (χ0) is 25.2. The fourth-order valence-electron chi connectivity index (χ4n) is 3.75. The molecule has 0 unspecified atom stereocenters. The van der Waals surface area contributed by atoms with Crippen molar-refractivity contribution in [3.05, 3.63) is 87.9 Å². The van der Waals surface area contributed by atoms with Crippen LogP contribution >= 0.6 is 11.6 Å². The summed E-state index contributed by atoms with van der Waals surface area (Å²) in [5, 5.41) is 16.2. The number of carbonyl (C=O) groups excluding carboxylic acids is 1. The smallest absolute Gasteiger partial charge is 0.337 e. The van der Waals surface area contributed by atoms with Crippen LogP contribution in [0.4, 0.5) is 11.4 Å². The summed E-state index contributed by atoms with van der Waals surface area (Å²) in [5.41, 5.74) is 1.79. The molecular weight excluding hydrogens is 494 g/mol. The molecule has 11 heteroatoms. The number of anilines is 2. The maximum Gasteiger partial charge on any atom is 0.337 e. The van der Waals surface area contributed by atoms with Crippen LogP contribution in [-0.2, 0) is 21.3 Å². The number of nitrogens with zero attached hydrogens (tertiary/aromatic N) is 2. The first kappa shape index (κ1) is 24.2. The molecule has 0 aromatic heterocycles. The first-order valence-corrected chi connectivity index (χ1v) is 12.2. The molecule has 4 rings (SSSR count). The first-order valence-electron chi connectivity index (χ1n) is 10.4. The van der Waals surface area contributed by atoms with E-state index in [9.17, 15) is 23.1 Å². The molecular formula is C24H20ClN3O6S. The van der Waals surface area contributed by atoms with Gasteiger partial charge in [-0.05, 0) is 66.1 Å². The van der Waals surface area contributed by atoms with Crippen molar-refractivity contribution in [2.45, 2.75) is 11.3 Å². The maximum atomic E-state index is 13.3. The molecule has 1 heterocycles. The fourth-order valence-corrected chi connectivity index (χ4v) is 5.50. The highest BCUT2D eigenvalue weighted by atomic mass is 35.5. The van der Waals surface area contributed by atoms with Gasteiger partial charge >= 0.3 is 5.97 Å². The van der Waals surface area contributed by atoms with Crippen LogP contribution in [0.25, 0.3) is 0 Å². The Morgan fingerprint density at radius 1 is 1.14 bits per heavy atom. The number of oxime groups is 1. The quantitative estimate of drug-likeness (QED) is 0.363. The van der Waals surface area contributed by atoms with E-state index in [2.05, 4.69) is 15.3 Å². The molecule has 3 aromatic carbocycles. The lowest BCUT2D eigenvalue weighted by Crippen LogP contribution is -2.29. The minimum Gasteiger partial charge on any atom is -0.478 e. The summed E-state index contributed by atoms with van der Waals surface area (Å²) in [6.07, 6.45) is 1.86. The number of hydrogen-bond donors (Lipinski definition) is 2. The van der Waals surface area contributed by atoms with Crippen molar-refractivity contribution in [2.24, 2.45) is 5.16 Å². The van der Waals surface area contributed by atoms with Crippen LogP contribution in [0.15, 0.2) is 70.7 Å². The molecule has 0 atom stereocenters. The van der Waals surface area contributed by atoms with Gasteiger partial charge in [0.25, 0.3) is 15.9 Å². The Morgan fingerprint density at radius 3 is 2.69 bits per heavy atom. The monoisotopic (exact) mass is 513 g/mol. The number of rotatable bonds is 7. The number of carboxylic acid groups (broad SMARTS) is 1. The molecule has 3 aromatic rings. The van der Waals surface area contributed by atoms with Gasteiger partial charge in [0.1, 0.15) is 7.11 Å². The molecule has 0 bridgehead atoms. The summed E-state index contributed by atoms with van der Waals surface area (Å²) in [4.78, 5) is 29.1. The van der Waals surface area contributed by atoms with Crippen LogP contribution in [0.1, 0.15) is 31.8 Å². The number of hydrogen-bond acceptors (Lipinski definition) is 6. The molecule has 1 amide bonds. The van der Waals surface area contributed by atoms with Crippen LogP contribution in [0.3, 0.4) is 0 Å². The molecule has 2 N–H and O–H groups in total. The van der Waals surface area contributed by atoms with Gasteiger partial charge in [0, 0.05) is 17.1 Å². The largest absolute Gasteiger partial charge is 0.478 e. The average molecular weight is 514 g/mol. The minimum atomic E-state index is -3.94. The van der Waals surface area contributed by atoms with Crippen molar-refractivity contribution < 1.29 is 28.0 Å². The van der Waals surface area contributed by atoms with E-state index < -0.39 is 21.9 Å². The molecule has 0 aliphatic carbocycles. The van der Waals surface area contributed by atoms with Crippen LogP contribution in [0.5, 0.6) is 0 Å². The highest BCUT2D eigenvalue weighted by Crippen LogP contribution is 2.34. The first-order chi connectivity index (χ1) is 16.7. The van der Waals surface area contributed by atoms with Crippen molar-refractivity contribution >= 4 is 51.1 Å². The second-order valence-corrected chi connectivity index (χ2v) is 9.91. The molecule has 0 saturated heterocycles. The summed E-state index contributed by atoms with van der Waals surface area (Å²) in [6, 6.07) is 14.9. The fraction of sp³-hybridized carbons (Fsp3) is 0.125. The molecule has 0 saturated carbocycles. The predicted octanol–water partition coefficient (Wildman–Crippen LogP) is 4.02. The van der Waals surface area contributed by atoms with Crippen LogP contribution in [-0.4, -0.2) is 45.3 Å². The van der Waals surface area contributed by atoms with Crippen molar-refractivity contribution in [3.8, 4) is 0 Å². The third kappa shape index (κ3) is 4.98. The second-order valence-electron chi connectivity index (χ2n) is 7.61. The molecule has 1 aliphatic rings. The van der Waals surface area contributed by atoms with Gasteiger partial charge in [-0.15, -0.1) is 0 Å². The Kier molecular flexibility index (Phi) is 6.77. The number of amides is 1. The van der Waals surface area contributed by atoms with E-state index in [-0.39, 0.29) is 28.3 Å². The summed E-state index contributed by atoms with van der Waals surface area (Å²) in [7, 11) is -2.58. The maximum absolute atomic E-state index is 13.3. The predicted molar refractivity (Wildman–Crippen MR) is 132 cm³/mol. The molecule has 180 valence electrons. The van der Waals surface area contributed by atoms with E-state index in [0.29, 0.717) is 22.7 Å². The van der Waals surface area contributed by atoms with E-state index in [4.69, 9.17) is 11.6 Å². The molecule has 35 heavy (non-hydrogen) atoms.